The Balaban J connectivity index is 2.13. The fourth-order valence-corrected chi connectivity index (χ4v) is 2.97. The van der Waals surface area contributed by atoms with Gasteiger partial charge in [0.25, 0.3) is 11.8 Å². The van der Waals surface area contributed by atoms with Gasteiger partial charge in [-0.05, 0) is 24.8 Å². The third-order valence-electron chi connectivity index (χ3n) is 3.25. The molecule has 0 bridgehead atoms. The van der Waals surface area contributed by atoms with Crippen molar-refractivity contribution in [3.05, 3.63) is 33.3 Å². The van der Waals surface area contributed by atoms with Crippen LogP contribution in [0.3, 0.4) is 0 Å². The van der Waals surface area contributed by atoms with Crippen LogP contribution < -0.4 is 15.8 Å². The highest BCUT2D eigenvalue weighted by molar-refractivity contribution is 7.12. The van der Waals surface area contributed by atoms with Crippen molar-refractivity contribution in [1.29, 1.82) is 0 Å². The van der Waals surface area contributed by atoms with Gasteiger partial charge in [0, 0.05) is 12.1 Å². The Morgan fingerprint density at radius 3 is 2.87 bits per heavy atom. The summed E-state index contributed by atoms with van der Waals surface area (Å²) in [5, 5.41) is 11.4. The molecule has 8 heteroatoms. The monoisotopic (exact) mass is 336 g/mol. The molecule has 124 valence electrons. The normalized spacial score (nSPS) is 10.5. The number of H-pyrrole nitrogens is 1. The quantitative estimate of drug-likeness (QED) is 0.683. The van der Waals surface area contributed by atoms with Crippen molar-refractivity contribution in [2.75, 3.05) is 6.61 Å². The third-order valence-corrected chi connectivity index (χ3v) is 4.14. The highest BCUT2D eigenvalue weighted by Crippen LogP contribution is 2.25. The maximum atomic E-state index is 12.3. The predicted octanol–water partition coefficient (Wildman–Crippen LogP) is 1.85. The van der Waals surface area contributed by atoms with Crippen LogP contribution in [0.25, 0.3) is 0 Å². The molecule has 2 aromatic rings. The fraction of sp³-hybridized carbons (Fsp3) is 0.400. The van der Waals surface area contributed by atoms with Crippen molar-refractivity contribution in [2.45, 2.75) is 33.2 Å². The second kappa shape index (κ2) is 7.77. The van der Waals surface area contributed by atoms with Crippen LogP contribution in [0, 0.1) is 0 Å². The van der Waals surface area contributed by atoms with Crippen LogP contribution in [0.4, 0.5) is 0 Å². The molecule has 0 spiro atoms. The van der Waals surface area contributed by atoms with Crippen molar-refractivity contribution in [3.63, 3.8) is 0 Å². The number of nitrogens with two attached hydrogens (primary N) is 1. The average Bonchev–Trinajstić information content (AvgIpc) is 3.13. The summed E-state index contributed by atoms with van der Waals surface area (Å²) in [6.45, 7) is 4.56. The number of aromatic nitrogens is 2. The van der Waals surface area contributed by atoms with Gasteiger partial charge >= 0.3 is 0 Å². The Morgan fingerprint density at radius 1 is 1.43 bits per heavy atom. The van der Waals surface area contributed by atoms with Crippen molar-refractivity contribution in [2.24, 2.45) is 5.73 Å². The standard InChI is InChI=1S/C15H20N4O3S/c1-3-5-10-9(12(14(16)20)19-18-10)8-17-15(21)13-11(22-4-2)6-7-23-13/h6-7H,3-5,8H2,1-2H3,(H2,16,20)(H,17,21)(H,18,19). The highest BCUT2D eigenvalue weighted by atomic mass is 32.1. The van der Waals surface area contributed by atoms with Gasteiger partial charge in [-0.25, -0.2) is 0 Å². The summed E-state index contributed by atoms with van der Waals surface area (Å²) < 4.78 is 5.42. The smallest absolute Gasteiger partial charge is 0.267 e. The number of rotatable bonds is 8. The summed E-state index contributed by atoms with van der Waals surface area (Å²) in [6, 6.07) is 1.76. The molecule has 23 heavy (non-hydrogen) atoms. The summed E-state index contributed by atoms with van der Waals surface area (Å²) in [4.78, 5) is 24.3. The number of thiophene rings is 1. The molecular weight excluding hydrogens is 316 g/mol. The van der Waals surface area contributed by atoms with Gasteiger partial charge in [-0.15, -0.1) is 11.3 Å². The van der Waals surface area contributed by atoms with Crippen molar-refractivity contribution in [1.82, 2.24) is 15.5 Å². The summed E-state index contributed by atoms with van der Waals surface area (Å²) in [5.74, 6) is -0.274. The zero-order chi connectivity index (χ0) is 16.8. The SMILES string of the molecule is CCCc1n[nH]c(C(N)=O)c1CNC(=O)c1sccc1OCC. The first-order valence-electron chi connectivity index (χ1n) is 7.42. The van der Waals surface area contributed by atoms with E-state index in [0.717, 1.165) is 12.1 Å². The molecule has 0 saturated carbocycles. The molecule has 7 nitrogen and oxygen atoms in total. The molecule has 0 aromatic carbocycles. The maximum absolute atomic E-state index is 12.3. The Bertz CT molecular complexity index is 693. The lowest BCUT2D eigenvalue weighted by Crippen LogP contribution is -2.25. The predicted molar refractivity (Wildman–Crippen MR) is 87.8 cm³/mol. The van der Waals surface area contributed by atoms with Gasteiger partial charge in [0.1, 0.15) is 16.3 Å². The minimum Gasteiger partial charge on any atom is -0.492 e. The van der Waals surface area contributed by atoms with Gasteiger partial charge in [0.15, 0.2) is 0 Å². The van der Waals surface area contributed by atoms with Crippen LogP contribution in [0.15, 0.2) is 11.4 Å². The van der Waals surface area contributed by atoms with Crippen LogP contribution in [0.2, 0.25) is 0 Å². The van der Waals surface area contributed by atoms with Crippen LogP contribution in [-0.4, -0.2) is 28.6 Å². The molecular formula is C15H20N4O3S. The molecule has 0 fully saturated rings. The molecule has 2 amide bonds. The second-order valence-electron chi connectivity index (χ2n) is 4.87. The minimum absolute atomic E-state index is 0.187. The minimum atomic E-state index is -0.588. The molecule has 0 unspecified atom stereocenters. The molecule has 0 aliphatic carbocycles. The van der Waals surface area contributed by atoms with Gasteiger partial charge in [0.2, 0.25) is 0 Å². The van der Waals surface area contributed by atoms with E-state index in [1.54, 1.807) is 11.4 Å². The number of nitrogens with zero attached hydrogens (tertiary/aromatic N) is 1. The Labute approximate surface area is 138 Å². The van der Waals surface area contributed by atoms with E-state index >= 15 is 0 Å². The molecule has 4 N–H and O–H groups in total. The largest absolute Gasteiger partial charge is 0.492 e. The molecule has 2 rings (SSSR count). The number of aromatic amines is 1. The van der Waals surface area contributed by atoms with E-state index in [1.807, 2.05) is 13.8 Å². The van der Waals surface area contributed by atoms with Crippen LogP contribution in [0.1, 0.15) is 51.7 Å². The molecule has 0 radical (unpaired) electrons. The molecule has 0 aliphatic heterocycles. The topological polar surface area (TPSA) is 110 Å². The van der Waals surface area contributed by atoms with E-state index in [9.17, 15) is 9.59 Å². The second-order valence-corrected chi connectivity index (χ2v) is 5.78. The lowest BCUT2D eigenvalue weighted by molar-refractivity contribution is 0.0946. The van der Waals surface area contributed by atoms with E-state index in [4.69, 9.17) is 10.5 Å². The number of aryl methyl sites for hydroxylation is 1. The van der Waals surface area contributed by atoms with Crippen molar-refractivity contribution >= 4 is 23.2 Å². The molecule has 0 aliphatic rings. The first kappa shape index (κ1) is 17.0. The van der Waals surface area contributed by atoms with E-state index in [2.05, 4.69) is 15.5 Å². The Morgan fingerprint density at radius 2 is 2.22 bits per heavy atom. The van der Waals surface area contributed by atoms with Gasteiger partial charge < -0.3 is 15.8 Å². The number of nitrogens with one attached hydrogen (secondary N) is 2. The summed E-state index contributed by atoms with van der Waals surface area (Å²) in [6.07, 6.45) is 1.58. The van der Waals surface area contributed by atoms with Crippen molar-refractivity contribution < 1.29 is 14.3 Å². The van der Waals surface area contributed by atoms with Crippen LogP contribution >= 0.6 is 11.3 Å². The number of ether oxygens (including phenoxy) is 1. The molecule has 2 heterocycles. The van der Waals surface area contributed by atoms with Gasteiger partial charge in [-0.2, -0.15) is 5.10 Å². The number of primary amides is 1. The summed E-state index contributed by atoms with van der Waals surface area (Å²) >= 11 is 1.31. The summed E-state index contributed by atoms with van der Waals surface area (Å²) in [5.41, 5.74) is 6.98. The number of carbonyl (C=O) groups excluding carboxylic acids is 2. The van der Waals surface area contributed by atoms with E-state index in [0.29, 0.717) is 29.2 Å². The zero-order valence-corrected chi connectivity index (χ0v) is 14.0. The fourth-order valence-electron chi connectivity index (χ4n) is 2.22. The third kappa shape index (κ3) is 3.89. The van der Waals surface area contributed by atoms with Gasteiger partial charge in [-0.3, -0.25) is 14.7 Å². The lowest BCUT2D eigenvalue weighted by Gasteiger charge is -2.08. The first-order valence-corrected chi connectivity index (χ1v) is 8.30. The number of carbonyl (C=O) groups is 2. The average molecular weight is 336 g/mol. The van der Waals surface area contributed by atoms with Crippen LogP contribution in [-0.2, 0) is 13.0 Å². The van der Waals surface area contributed by atoms with Crippen LogP contribution in [0.5, 0.6) is 5.75 Å². The zero-order valence-electron chi connectivity index (χ0n) is 13.1. The van der Waals surface area contributed by atoms with E-state index in [-0.39, 0.29) is 18.1 Å². The highest BCUT2D eigenvalue weighted by Gasteiger charge is 2.19. The van der Waals surface area contributed by atoms with E-state index < -0.39 is 5.91 Å². The Kier molecular flexibility index (Phi) is 5.75. The summed E-state index contributed by atoms with van der Waals surface area (Å²) in [7, 11) is 0. The molecule has 0 saturated heterocycles. The lowest BCUT2D eigenvalue weighted by atomic mass is 10.1. The van der Waals surface area contributed by atoms with Gasteiger partial charge in [-0.1, -0.05) is 13.3 Å². The van der Waals surface area contributed by atoms with E-state index in [1.165, 1.54) is 11.3 Å². The van der Waals surface area contributed by atoms with Gasteiger partial charge in [0.05, 0.1) is 12.3 Å². The number of hydrogen-bond donors (Lipinski definition) is 3. The van der Waals surface area contributed by atoms with Crippen molar-refractivity contribution in [3.8, 4) is 5.75 Å². The number of hydrogen-bond acceptors (Lipinski definition) is 5. The molecule has 2 aromatic heterocycles. The maximum Gasteiger partial charge on any atom is 0.267 e. The Hall–Kier alpha value is -2.35. The molecule has 0 atom stereocenters. The number of amides is 2. The first-order chi connectivity index (χ1) is 11.1.